The van der Waals surface area contributed by atoms with Gasteiger partial charge in [-0.15, -0.1) is 47.0 Å². The second-order valence-corrected chi connectivity index (χ2v) is 8.62. The van der Waals surface area contributed by atoms with E-state index in [1.807, 2.05) is 0 Å². The fourth-order valence-electron chi connectivity index (χ4n) is 1.79. The first-order valence-electron chi connectivity index (χ1n) is 5.71. The van der Waals surface area contributed by atoms with Crippen molar-refractivity contribution in [3.05, 3.63) is 0 Å². The predicted molar refractivity (Wildman–Crippen MR) is 82.2 cm³/mol. The summed E-state index contributed by atoms with van der Waals surface area (Å²) in [4.78, 5) is 5.16. The van der Waals surface area contributed by atoms with Gasteiger partial charge in [0.15, 0.2) is 0 Å². The molecule has 2 aliphatic rings. The van der Waals surface area contributed by atoms with Crippen LogP contribution in [0.1, 0.15) is 12.8 Å². The van der Waals surface area contributed by atoms with Crippen LogP contribution in [-0.4, -0.2) is 56.6 Å². The molecule has 0 atom stereocenters. The molecule has 2 fully saturated rings. The van der Waals surface area contributed by atoms with Gasteiger partial charge >= 0.3 is 0 Å². The van der Waals surface area contributed by atoms with Crippen LogP contribution in [0.3, 0.4) is 0 Å². The van der Waals surface area contributed by atoms with E-state index in [2.05, 4.69) is 56.8 Å². The average molecular weight is 297 g/mol. The Labute approximate surface area is 116 Å². The highest BCUT2D eigenvalue weighted by molar-refractivity contribution is 8.16. The van der Waals surface area contributed by atoms with E-state index in [0.29, 0.717) is 0 Å². The number of hydrogen-bond donors (Lipinski definition) is 0. The lowest BCUT2D eigenvalue weighted by atomic mass is 10.3. The van der Waals surface area contributed by atoms with Crippen molar-refractivity contribution in [1.29, 1.82) is 0 Å². The van der Waals surface area contributed by atoms with E-state index in [4.69, 9.17) is 0 Å². The van der Waals surface area contributed by atoms with Gasteiger partial charge < -0.3 is 0 Å². The van der Waals surface area contributed by atoms with Gasteiger partial charge in [0.05, 0.1) is 0 Å². The summed E-state index contributed by atoms with van der Waals surface area (Å²) in [5.41, 5.74) is 0. The molecule has 0 radical (unpaired) electrons. The zero-order valence-corrected chi connectivity index (χ0v) is 12.9. The van der Waals surface area contributed by atoms with Crippen molar-refractivity contribution in [1.82, 2.24) is 9.80 Å². The molecule has 0 saturated carbocycles. The molecule has 2 heterocycles. The smallest absolute Gasteiger partial charge is 0.0460 e. The third kappa shape index (κ3) is 5.31. The van der Waals surface area contributed by atoms with Gasteiger partial charge in [0, 0.05) is 33.7 Å². The summed E-state index contributed by atoms with van der Waals surface area (Å²) in [5.74, 6) is 5.01. The first kappa shape index (κ1) is 13.7. The first-order valence-corrected chi connectivity index (χ1v) is 10.3. The summed E-state index contributed by atoms with van der Waals surface area (Å²) in [6.07, 6.45) is 2.74. The molecule has 0 aromatic carbocycles. The molecule has 2 rings (SSSR count). The molecule has 94 valence electrons. The van der Waals surface area contributed by atoms with Crippen LogP contribution in [-0.2, 0) is 0 Å². The molecule has 2 aliphatic heterocycles. The zero-order valence-electron chi connectivity index (χ0n) is 9.60. The summed E-state index contributed by atoms with van der Waals surface area (Å²) in [6.45, 7) is 2.60. The Bertz CT molecular complexity index is 162. The van der Waals surface area contributed by atoms with Gasteiger partial charge in [-0.25, -0.2) is 0 Å². The van der Waals surface area contributed by atoms with E-state index in [9.17, 15) is 0 Å². The van der Waals surface area contributed by atoms with Crippen LogP contribution in [0, 0.1) is 0 Å². The summed E-state index contributed by atoms with van der Waals surface area (Å²) in [7, 11) is 0. The summed E-state index contributed by atoms with van der Waals surface area (Å²) < 4.78 is 0. The van der Waals surface area contributed by atoms with Gasteiger partial charge in [-0.3, -0.25) is 9.80 Å². The highest BCUT2D eigenvalue weighted by atomic mass is 32.2. The van der Waals surface area contributed by atoms with Crippen molar-refractivity contribution in [2.45, 2.75) is 12.8 Å². The summed E-state index contributed by atoms with van der Waals surface area (Å²) in [6, 6.07) is 0. The molecule has 0 bridgehead atoms. The third-order valence-corrected chi connectivity index (χ3v) is 7.49. The third-order valence-electron chi connectivity index (χ3n) is 2.63. The molecule has 0 spiro atoms. The molecule has 6 heteroatoms. The monoisotopic (exact) mass is 296 g/mol. The minimum atomic E-state index is 1.25. The lowest BCUT2D eigenvalue weighted by Crippen LogP contribution is -2.29. The van der Waals surface area contributed by atoms with Crippen LogP contribution in [0.2, 0.25) is 0 Å². The Kier molecular flexibility index (Phi) is 7.24. The van der Waals surface area contributed by atoms with Gasteiger partial charge in [0.2, 0.25) is 0 Å². The fourth-order valence-corrected chi connectivity index (χ4v) is 6.07. The standard InChI is InChI=1S/C10H20N2S4/c1(3-11-5-13-9-14-6-11)2-4-12-7-15-10-16-8-12/h1-10H2. The van der Waals surface area contributed by atoms with E-state index >= 15 is 0 Å². The first-order chi connectivity index (χ1) is 7.95. The van der Waals surface area contributed by atoms with Crippen molar-refractivity contribution < 1.29 is 0 Å². The molecular weight excluding hydrogens is 276 g/mol. The van der Waals surface area contributed by atoms with Crippen LogP contribution >= 0.6 is 47.0 Å². The molecule has 2 nitrogen and oxygen atoms in total. The van der Waals surface area contributed by atoms with Gasteiger partial charge in [0.1, 0.15) is 0 Å². The number of unbranched alkanes of at least 4 members (excludes halogenated alkanes) is 1. The maximum Gasteiger partial charge on any atom is 0.0460 e. The molecule has 0 aliphatic carbocycles. The van der Waals surface area contributed by atoms with Crippen molar-refractivity contribution >= 4 is 47.0 Å². The average Bonchev–Trinajstić information content (AvgIpc) is 2.37. The maximum absolute atomic E-state index is 2.58. The van der Waals surface area contributed by atoms with Crippen LogP contribution in [0.25, 0.3) is 0 Å². The molecule has 0 aromatic heterocycles. The Balaban J connectivity index is 1.47. The largest absolute Gasteiger partial charge is 0.285 e. The zero-order chi connectivity index (χ0) is 11.1. The number of nitrogens with zero attached hydrogens (tertiary/aromatic N) is 2. The second kappa shape index (κ2) is 8.43. The topological polar surface area (TPSA) is 6.48 Å². The van der Waals surface area contributed by atoms with Crippen LogP contribution in [0.5, 0.6) is 0 Å². The molecule has 0 amide bonds. The van der Waals surface area contributed by atoms with Gasteiger partial charge in [-0.1, -0.05) is 0 Å². The fraction of sp³-hybridized carbons (Fsp3) is 1.00. The van der Waals surface area contributed by atoms with E-state index in [0.717, 1.165) is 0 Å². The second-order valence-electron chi connectivity index (χ2n) is 4.06. The van der Waals surface area contributed by atoms with E-state index in [-0.39, 0.29) is 0 Å². The lowest BCUT2D eigenvalue weighted by molar-refractivity contribution is 0.326. The van der Waals surface area contributed by atoms with E-state index in [1.54, 1.807) is 0 Å². The van der Waals surface area contributed by atoms with Crippen molar-refractivity contribution in [2.24, 2.45) is 0 Å². The Morgan fingerprint density at radius 3 is 1.38 bits per heavy atom. The van der Waals surface area contributed by atoms with Crippen LogP contribution < -0.4 is 0 Å². The molecular formula is C10H20N2S4. The molecule has 0 aromatic rings. The molecule has 2 saturated heterocycles. The highest BCUT2D eigenvalue weighted by Gasteiger charge is 2.12. The van der Waals surface area contributed by atoms with Crippen LogP contribution in [0.15, 0.2) is 0 Å². The minimum Gasteiger partial charge on any atom is -0.285 e. The Morgan fingerprint density at radius 2 is 1.00 bits per heavy atom. The highest BCUT2D eigenvalue weighted by Crippen LogP contribution is 2.23. The van der Waals surface area contributed by atoms with Gasteiger partial charge in [-0.05, 0) is 25.9 Å². The SMILES string of the molecule is C(CCN1CSCSC1)CN1CSCSC1. The van der Waals surface area contributed by atoms with Crippen molar-refractivity contribution in [2.75, 3.05) is 46.8 Å². The van der Waals surface area contributed by atoms with Gasteiger partial charge in [0.25, 0.3) is 0 Å². The van der Waals surface area contributed by atoms with E-state index < -0.39 is 0 Å². The molecule has 16 heavy (non-hydrogen) atoms. The van der Waals surface area contributed by atoms with Crippen molar-refractivity contribution in [3.63, 3.8) is 0 Å². The maximum atomic E-state index is 2.58. The van der Waals surface area contributed by atoms with Gasteiger partial charge in [-0.2, -0.15) is 0 Å². The Morgan fingerprint density at radius 1 is 0.625 bits per heavy atom. The van der Waals surface area contributed by atoms with Crippen molar-refractivity contribution in [3.8, 4) is 0 Å². The summed E-state index contributed by atoms with van der Waals surface area (Å²) in [5, 5.41) is 2.58. The van der Waals surface area contributed by atoms with E-state index in [1.165, 1.54) is 59.6 Å². The number of thioether (sulfide) groups is 4. The lowest BCUT2D eigenvalue weighted by Gasteiger charge is -2.27. The molecule has 0 N–H and O–H groups in total. The normalized spacial score (nSPS) is 24.8. The quantitative estimate of drug-likeness (QED) is 0.714. The number of rotatable bonds is 5. The predicted octanol–water partition coefficient (Wildman–Crippen LogP) is 3.08. The Hall–Kier alpha value is 1.32. The van der Waals surface area contributed by atoms with Crippen LogP contribution in [0.4, 0.5) is 0 Å². The molecule has 0 unspecified atom stereocenters. The summed E-state index contributed by atoms with van der Waals surface area (Å²) >= 11 is 8.24. The minimum absolute atomic E-state index is 1.25. The number of hydrogen-bond acceptors (Lipinski definition) is 6.